The van der Waals surface area contributed by atoms with Gasteiger partial charge in [-0.2, -0.15) is 0 Å². The lowest BCUT2D eigenvalue weighted by molar-refractivity contribution is 0.326. The van der Waals surface area contributed by atoms with Gasteiger partial charge < -0.3 is 14.4 Å². The Morgan fingerprint density at radius 2 is 1.59 bits per heavy atom. The third-order valence-electron chi connectivity index (χ3n) is 6.03. The molecule has 6 nitrogen and oxygen atoms in total. The van der Waals surface area contributed by atoms with Gasteiger partial charge in [-0.1, -0.05) is 48.5 Å². The van der Waals surface area contributed by atoms with Crippen molar-refractivity contribution in [2.45, 2.75) is 25.9 Å². The number of para-hydroxylation sites is 1. The summed E-state index contributed by atoms with van der Waals surface area (Å²) < 4.78 is 12.6. The number of aryl methyl sites for hydroxylation is 1. The van der Waals surface area contributed by atoms with Crippen LogP contribution in [0.3, 0.4) is 0 Å². The molecule has 0 saturated carbocycles. The normalized spacial score (nSPS) is 11.2. The first kappa shape index (κ1) is 23.5. The second-order valence-corrected chi connectivity index (χ2v) is 8.41. The maximum absolute atomic E-state index is 13.4. The van der Waals surface area contributed by atoms with Gasteiger partial charge >= 0.3 is 0 Å². The zero-order valence-electron chi connectivity index (χ0n) is 20.0. The molecule has 34 heavy (non-hydrogen) atoms. The summed E-state index contributed by atoms with van der Waals surface area (Å²) in [6, 6.07) is 23.8. The number of rotatable bonds is 10. The van der Waals surface area contributed by atoms with Crippen LogP contribution in [0.2, 0.25) is 0 Å². The minimum atomic E-state index is 0.00629. The molecule has 3 aromatic carbocycles. The summed E-state index contributed by atoms with van der Waals surface area (Å²) in [5.74, 6) is 2.19. The zero-order chi connectivity index (χ0) is 23.9. The Labute approximate surface area is 200 Å². The predicted molar refractivity (Wildman–Crippen MR) is 136 cm³/mol. The molecule has 0 radical (unpaired) electrons. The van der Waals surface area contributed by atoms with E-state index in [0.717, 1.165) is 30.0 Å². The minimum Gasteiger partial charge on any atom is -0.493 e. The van der Waals surface area contributed by atoms with Gasteiger partial charge in [0.05, 0.1) is 25.1 Å². The minimum absolute atomic E-state index is 0.00629. The van der Waals surface area contributed by atoms with E-state index >= 15 is 0 Å². The van der Waals surface area contributed by atoms with Crippen molar-refractivity contribution in [1.29, 1.82) is 0 Å². The maximum Gasteiger partial charge on any atom is 0.261 e. The lowest BCUT2D eigenvalue weighted by atomic mass is 10.1. The molecule has 1 heterocycles. The fraction of sp³-hybridized carbons (Fsp3) is 0.286. The van der Waals surface area contributed by atoms with E-state index in [1.54, 1.807) is 14.2 Å². The second-order valence-electron chi connectivity index (χ2n) is 8.41. The van der Waals surface area contributed by atoms with Crippen molar-refractivity contribution in [2.75, 3.05) is 27.8 Å². The highest BCUT2D eigenvalue weighted by molar-refractivity contribution is 5.77. The quantitative estimate of drug-likeness (QED) is 0.355. The Morgan fingerprint density at radius 1 is 0.853 bits per heavy atom. The van der Waals surface area contributed by atoms with Crippen molar-refractivity contribution < 1.29 is 9.47 Å². The lowest BCUT2D eigenvalue weighted by Crippen LogP contribution is -2.29. The Hall–Kier alpha value is -3.64. The van der Waals surface area contributed by atoms with Gasteiger partial charge in [-0.3, -0.25) is 9.36 Å². The molecule has 6 heteroatoms. The largest absolute Gasteiger partial charge is 0.493 e. The summed E-state index contributed by atoms with van der Waals surface area (Å²) >= 11 is 0. The summed E-state index contributed by atoms with van der Waals surface area (Å²) in [4.78, 5) is 20.5. The summed E-state index contributed by atoms with van der Waals surface area (Å²) in [6.45, 7) is 2.20. The van der Waals surface area contributed by atoms with E-state index < -0.39 is 0 Å². The van der Waals surface area contributed by atoms with Crippen LogP contribution in [0, 0.1) is 0 Å². The monoisotopic (exact) mass is 457 g/mol. The van der Waals surface area contributed by atoms with E-state index in [4.69, 9.17) is 14.5 Å². The van der Waals surface area contributed by atoms with Crippen LogP contribution in [0.5, 0.6) is 11.5 Å². The van der Waals surface area contributed by atoms with Crippen molar-refractivity contribution in [3.8, 4) is 11.5 Å². The Bertz CT molecular complexity index is 1300. The molecule has 0 fully saturated rings. The van der Waals surface area contributed by atoms with Gasteiger partial charge in [0.2, 0.25) is 0 Å². The molecule has 0 bridgehead atoms. The van der Waals surface area contributed by atoms with Crippen LogP contribution in [0.4, 0.5) is 0 Å². The Balaban J connectivity index is 1.56. The van der Waals surface area contributed by atoms with E-state index in [-0.39, 0.29) is 5.56 Å². The van der Waals surface area contributed by atoms with Gasteiger partial charge in [-0.25, -0.2) is 4.98 Å². The van der Waals surface area contributed by atoms with Crippen LogP contribution in [0.25, 0.3) is 10.9 Å². The molecule has 0 aliphatic carbocycles. The second kappa shape index (κ2) is 11.0. The fourth-order valence-corrected chi connectivity index (χ4v) is 4.18. The van der Waals surface area contributed by atoms with Crippen molar-refractivity contribution in [1.82, 2.24) is 14.5 Å². The van der Waals surface area contributed by atoms with Crippen molar-refractivity contribution >= 4 is 10.9 Å². The van der Waals surface area contributed by atoms with Crippen molar-refractivity contribution in [2.24, 2.45) is 0 Å². The predicted octanol–water partition coefficient (Wildman–Crippen LogP) is 4.33. The van der Waals surface area contributed by atoms with Crippen LogP contribution in [0.1, 0.15) is 17.0 Å². The molecule has 4 aromatic rings. The van der Waals surface area contributed by atoms with Crippen LogP contribution < -0.4 is 15.0 Å². The lowest BCUT2D eigenvalue weighted by Gasteiger charge is -2.19. The molecular formula is C28H31N3O3. The van der Waals surface area contributed by atoms with Gasteiger partial charge in [0.1, 0.15) is 5.82 Å². The smallest absolute Gasteiger partial charge is 0.261 e. The summed E-state index contributed by atoms with van der Waals surface area (Å²) in [5, 5.41) is 0.649. The number of likely N-dealkylation sites (N-methyl/N-ethyl adjacent to an activating group) is 1. The van der Waals surface area contributed by atoms with E-state index in [1.165, 1.54) is 5.56 Å². The number of benzene rings is 3. The first-order valence-electron chi connectivity index (χ1n) is 11.5. The Morgan fingerprint density at radius 3 is 2.35 bits per heavy atom. The van der Waals surface area contributed by atoms with Crippen LogP contribution >= 0.6 is 0 Å². The summed E-state index contributed by atoms with van der Waals surface area (Å²) in [5.41, 5.74) is 3.09. The molecule has 0 spiro atoms. The van der Waals surface area contributed by atoms with Crippen LogP contribution in [0.15, 0.2) is 77.6 Å². The summed E-state index contributed by atoms with van der Waals surface area (Å²) in [6.07, 6.45) is 1.38. The molecule has 0 atom stereocenters. The highest BCUT2D eigenvalue weighted by Gasteiger charge is 2.13. The number of methoxy groups -OCH3 is 2. The van der Waals surface area contributed by atoms with Gasteiger partial charge in [0.15, 0.2) is 11.5 Å². The molecule has 176 valence electrons. The van der Waals surface area contributed by atoms with Crippen molar-refractivity contribution in [3.63, 3.8) is 0 Å². The molecule has 4 rings (SSSR count). The average molecular weight is 458 g/mol. The number of ether oxygens (including phenoxy) is 2. The molecule has 0 saturated heterocycles. The number of fused-ring (bicyclic) bond motifs is 1. The average Bonchev–Trinajstić information content (AvgIpc) is 2.87. The third kappa shape index (κ3) is 5.46. The first-order chi connectivity index (χ1) is 16.6. The van der Waals surface area contributed by atoms with E-state index in [0.29, 0.717) is 36.3 Å². The van der Waals surface area contributed by atoms with E-state index in [2.05, 4.69) is 36.2 Å². The van der Waals surface area contributed by atoms with Crippen molar-refractivity contribution in [3.05, 3.63) is 100 Å². The maximum atomic E-state index is 13.4. The van der Waals surface area contributed by atoms with E-state index in [9.17, 15) is 4.79 Å². The highest BCUT2D eigenvalue weighted by atomic mass is 16.5. The molecule has 0 amide bonds. The van der Waals surface area contributed by atoms with Crippen LogP contribution in [-0.4, -0.2) is 42.3 Å². The fourth-order valence-electron chi connectivity index (χ4n) is 4.18. The molecule has 0 unspecified atom stereocenters. The zero-order valence-corrected chi connectivity index (χ0v) is 20.0. The highest BCUT2D eigenvalue weighted by Crippen LogP contribution is 2.27. The number of hydrogen-bond acceptors (Lipinski definition) is 5. The number of hydrogen-bond donors (Lipinski definition) is 0. The number of aromatic nitrogens is 2. The van der Waals surface area contributed by atoms with Gasteiger partial charge in [0.25, 0.3) is 5.56 Å². The van der Waals surface area contributed by atoms with Gasteiger partial charge in [-0.15, -0.1) is 0 Å². The number of nitrogens with zero attached hydrogens (tertiary/aromatic N) is 3. The summed E-state index contributed by atoms with van der Waals surface area (Å²) in [7, 11) is 5.35. The van der Waals surface area contributed by atoms with Crippen LogP contribution in [-0.2, 0) is 25.9 Å². The first-order valence-corrected chi connectivity index (χ1v) is 11.5. The van der Waals surface area contributed by atoms with Gasteiger partial charge in [0, 0.05) is 26.1 Å². The Kier molecular flexibility index (Phi) is 7.60. The molecule has 0 aliphatic heterocycles. The molecule has 0 N–H and O–H groups in total. The topological polar surface area (TPSA) is 56.6 Å². The van der Waals surface area contributed by atoms with E-state index in [1.807, 2.05) is 53.1 Å². The SMILES string of the molecule is COc1ccc(CCn2c(CCN(C)Cc3ccccc3)nc3ccccc3c2=O)cc1OC. The molecular weight excluding hydrogens is 426 g/mol. The third-order valence-corrected chi connectivity index (χ3v) is 6.03. The molecule has 0 aliphatic rings. The van der Waals surface area contributed by atoms with Gasteiger partial charge in [-0.05, 0) is 48.9 Å². The standard InChI is InChI=1S/C28H31N3O3/c1-30(20-22-9-5-4-6-10-22)17-16-27-29-24-12-8-7-11-23(24)28(32)31(27)18-15-21-13-14-25(33-2)26(19-21)34-3/h4-14,19H,15-18,20H2,1-3H3. The molecule has 1 aromatic heterocycles.